The van der Waals surface area contributed by atoms with Gasteiger partial charge < -0.3 is 4.74 Å². The van der Waals surface area contributed by atoms with E-state index in [4.69, 9.17) is 0 Å². The van der Waals surface area contributed by atoms with Crippen LogP contribution in [0.2, 0.25) is 0 Å². The summed E-state index contributed by atoms with van der Waals surface area (Å²) < 4.78 is 172. The normalized spacial score (nSPS) is 15.3. The molecule has 27 heavy (non-hydrogen) atoms. The van der Waals surface area contributed by atoms with E-state index in [1.165, 1.54) is 4.74 Å². The standard InChI is InChI=1S/C9H6BrF13O4/c10-1-2-24-3-4(11,12)25-5(13,14)6(15,16)26-7(17,18)8(19,20)27-9(21,22)23/h1-3H2. The third-order valence-electron chi connectivity index (χ3n) is 1.95. The second kappa shape index (κ2) is 8.42. The molecule has 0 heterocycles. The van der Waals surface area contributed by atoms with Gasteiger partial charge in [0.15, 0.2) is 0 Å². The molecule has 18 heteroatoms. The molecule has 0 amide bonds. The molecular weight excluding hydrogens is 499 g/mol. The molecule has 4 nitrogen and oxygen atoms in total. The largest absolute Gasteiger partial charge is 0.527 e. The van der Waals surface area contributed by atoms with Crippen molar-refractivity contribution >= 4 is 15.9 Å². The Kier molecular flexibility index (Phi) is 8.23. The Labute approximate surface area is 148 Å². The Morgan fingerprint density at radius 3 is 1.30 bits per heavy atom. The first-order chi connectivity index (χ1) is 11.7. The highest BCUT2D eigenvalue weighted by Gasteiger charge is 2.74. The van der Waals surface area contributed by atoms with Crippen molar-refractivity contribution in [1.29, 1.82) is 0 Å². The molecule has 0 bridgehead atoms. The third kappa shape index (κ3) is 8.12. The fraction of sp³-hybridized carbons (Fsp3) is 1.00. The van der Waals surface area contributed by atoms with E-state index in [0.29, 0.717) is 0 Å². The lowest BCUT2D eigenvalue weighted by molar-refractivity contribution is -0.564. The summed E-state index contributed by atoms with van der Waals surface area (Å²) in [5.74, 6) is 0. The minimum Gasteiger partial charge on any atom is -0.371 e. The van der Waals surface area contributed by atoms with Gasteiger partial charge in [-0.1, -0.05) is 15.9 Å². The number of halogens is 14. The van der Waals surface area contributed by atoms with Crippen LogP contribution in [0.3, 0.4) is 0 Å². The van der Waals surface area contributed by atoms with Crippen LogP contribution in [-0.4, -0.2) is 55.4 Å². The Morgan fingerprint density at radius 2 is 0.926 bits per heavy atom. The van der Waals surface area contributed by atoms with E-state index >= 15 is 0 Å². The molecule has 0 aromatic heterocycles. The molecule has 0 radical (unpaired) electrons. The topological polar surface area (TPSA) is 36.9 Å². The van der Waals surface area contributed by atoms with E-state index in [1.807, 2.05) is 0 Å². The minimum atomic E-state index is -7.06. The number of ether oxygens (including phenoxy) is 4. The van der Waals surface area contributed by atoms with Gasteiger partial charge in [0.05, 0.1) is 6.61 Å². The average Bonchev–Trinajstić information content (AvgIpc) is 2.32. The summed E-state index contributed by atoms with van der Waals surface area (Å²) in [5.41, 5.74) is 0. The van der Waals surface area contributed by atoms with Crippen molar-refractivity contribution in [3.05, 3.63) is 0 Å². The molecular formula is C9H6BrF13O4. The predicted octanol–water partition coefficient (Wildman–Crippen LogP) is 4.93. The lowest BCUT2D eigenvalue weighted by atomic mass is 10.5. The van der Waals surface area contributed by atoms with Gasteiger partial charge in [-0.05, 0) is 0 Å². The lowest BCUT2D eigenvalue weighted by Gasteiger charge is -2.33. The zero-order valence-corrected chi connectivity index (χ0v) is 13.6. The molecule has 0 atom stereocenters. The fourth-order valence-electron chi connectivity index (χ4n) is 1.01. The fourth-order valence-corrected chi connectivity index (χ4v) is 1.24. The molecule has 0 saturated carbocycles. The van der Waals surface area contributed by atoms with E-state index in [-0.39, 0.29) is 5.33 Å². The van der Waals surface area contributed by atoms with E-state index in [9.17, 15) is 57.1 Å². The van der Waals surface area contributed by atoms with Crippen LogP contribution in [0.4, 0.5) is 57.1 Å². The van der Waals surface area contributed by atoms with Crippen LogP contribution in [0.1, 0.15) is 0 Å². The molecule has 0 N–H and O–H groups in total. The van der Waals surface area contributed by atoms with Crippen LogP contribution in [0.25, 0.3) is 0 Å². The average molecular weight is 505 g/mol. The molecule has 0 aromatic carbocycles. The molecule has 0 aliphatic heterocycles. The summed E-state index contributed by atoms with van der Waals surface area (Å²) in [6.45, 7) is -2.68. The molecule has 164 valence electrons. The van der Waals surface area contributed by atoms with Crippen molar-refractivity contribution < 1.29 is 76.0 Å². The molecule has 0 aliphatic rings. The van der Waals surface area contributed by atoms with Crippen molar-refractivity contribution in [2.75, 3.05) is 18.5 Å². The van der Waals surface area contributed by atoms with Crippen LogP contribution < -0.4 is 0 Å². The van der Waals surface area contributed by atoms with Crippen LogP contribution in [0.5, 0.6) is 0 Å². The zero-order valence-electron chi connectivity index (χ0n) is 12.0. The number of hydrogen-bond donors (Lipinski definition) is 0. The van der Waals surface area contributed by atoms with Crippen molar-refractivity contribution in [3.8, 4) is 0 Å². The first-order valence-corrected chi connectivity index (χ1v) is 7.00. The molecule has 0 spiro atoms. The zero-order chi connectivity index (χ0) is 21.9. The first kappa shape index (κ1) is 26.4. The van der Waals surface area contributed by atoms with Crippen molar-refractivity contribution in [3.63, 3.8) is 0 Å². The van der Waals surface area contributed by atoms with Crippen LogP contribution in [0, 0.1) is 0 Å². The number of hydrogen-bond acceptors (Lipinski definition) is 4. The van der Waals surface area contributed by atoms with Crippen molar-refractivity contribution in [2.45, 2.75) is 36.9 Å². The van der Waals surface area contributed by atoms with E-state index in [2.05, 4.69) is 25.4 Å². The van der Waals surface area contributed by atoms with E-state index < -0.39 is 50.1 Å². The first-order valence-electron chi connectivity index (χ1n) is 5.88. The van der Waals surface area contributed by atoms with Gasteiger partial charge in [-0.2, -0.15) is 43.9 Å². The smallest absolute Gasteiger partial charge is 0.371 e. The SMILES string of the molecule is FC(F)(F)OC(F)(F)C(F)(F)OC(F)(F)C(F)(F)OC(F)(F)COCCBr. The Hall–Kier alpha value is -0.590. The highest BCUT2D eigenvalue weighted by Crippen LogP contribution is 2.48. The molecule has 0 fully saturated rings. The molecule has 0 rings (SSSR count). The summed E-state index contributed by atoms with van der Waals surface area (Å²) in [7, 11) is 0. The van der Waals surface area contributed by atoms with E-state index in [0.717, 1.165) is 0 Å². The lowest BCUT2D eigenvalue weighted by Crippen LogP contribution is -2.57. The Balaban J connectivity index is 5.35. The molecule has 0 aromatic rings. The summed E-state index contributed by atoms with van der Waals surface area (Å²) in [5, 5.41) is -0.126. The van der Waals surface area contributed by atoms with Crippen molar-refractivity contribution in [2.24, 2.45) is 0 Å². The number of alkyl halides is 14. The summed E-state index contributed by atoms with van der Waals surface area (Å²) in [4.78, 5) is 0. The second-order valence-electron chi connectivity index (χ2n) is 4.20. The predicted molar refractivity (Wildman–Crippen MR) is 58.7 cm³/mol. The number of rotatable bonds is 11. The highest BCUT2D eigenvalue weighted by molar-refractivity contribution is 9.09. The van der Waals surface area contributed by atoms with Gasteiger partial charge in [-0.3, -0.25) is 0 Å². The Bertz CT molecular complexity index is 481. The maximum absolute atomic E-state index is 13.0. The van der Waals surface area contributed by atoms with Gasteiger partial charge in [0, 0.05) is 5.33 Å². The summed E-state index contributed by atoms with van der Waals surface area (Å²) >= 11 is 2.64. The van der Waals surface area contributed by atoms with Crippen LogP contribution in [0.15, 0.2) is 0 Å². The third-order valence-corrected chi connectivity index (χ3v) is 2.27. The minimum absolute atomic E-state index is 0.126. The van der Waals surface area contributed by atoms with Gasteiger partial charge in [0.2, 0.25) is 0 Å². The molecule has 0 aliphatic carbocycles. The summed E-state index contributed by atoms with van der Waals surface area (Å²) in [6.07, 6.45) is -39.5. The maximum atomic E-state index is 13.0. The van der Waals surface area contributed by atoms with Gasteiger partial charge in [-0.15, -0.1) is 13.2 Å². The Morgan fingerprint density at radius 1 is 0.556 bits per heavy atom. The van der Waals surface area contributed by atoms with Gasteiger partial charge in [0.25, 0.3) is 0 Å². The monoisotopic (exact) mass is 504 g/mol. The van der Waals surface area contributed by atoms with Gasteiger partial charge in [-0.25, -0.2) is 14.2 Å². The van der Waals surface area contributed by atoms with E-state index in [1.54, 1.807) is 4.74 Å². The quantitative estimate of drug-likeness (QED) is 0.227. The maximum Gasteiger partial charge on any atom is 0.527 e. The van der Waals surface area contributed by atoms with Crippen LogP contribution >= 0.6 is 15.9 Å². The second-order valence-corrected chi connectivity index (χ2v) is 4.99. The van der Waals surface area contributed by atoms with Gasteiger partial charge >= 0.3 is 36.9 Å². The van der Waals surface area contributed by atoms with Gasteiger partial charge in [0.1, 0.15) is 6.61 Å². The highest BCUT2D eigenvalue weighted by atomic mass is 79.9. The summed E-state index contributed by atoms with van der Waals surface area (Å²) in [6, 6.07) is 0. The van der Waals surface area contributed by atoms with Crippen molar-refractivity contribution in [1.82, 2.24) is 0 Å². The molecule has 0 saturated heterocycles. The van der Waals surface area contributed by atoms with Crippen LogP contribution in [-0.2, 0) is 18.9 Å². The molecule has 0 unspecified atom stereocenters.